The number of carbonyl (C=O) groups is 3. The Morgan fingerprint density at radius 3 is 2.27 bits per heavy atom. The summed E-state index contributed by atoms with van der Waals surface area (Å²) in [5.41, 5.74) is 6.53. The van der Waals surface area contributed by atoms with Crippen molar-refractivity contribution in [3.8, 4) is 0 Å². The fourth-order valence-electron chi connectivity index (χ4n) is 5.32. The lowest BCUT2D eigenvalue weighted by molar-refractivity contribution is -0.123. The molecular weight excluding hydrogens is 493 g/mol. The number of hydrogen-bond donors (Lipinski definition) is 3. The number of nitrogens with one attached hydrogen (secondary N) is 2. The molecule has 200 valence electrons. The molecule has 1 heterocycles. The zero-order chi connectivity index (χ0) is 26.4. The second-order valence-corrected chi connectivity index (χ2v) is 10.8. The minimum absolute atomic E-state index is 0.0119. The van der Waals surface area contributed by atoms with E-state index in [0.29, 0.717) is 6.42 Å². The van der Waals surface area contributed by atoms with Gasteiger partial charge in [-0.2, -0.15) is 4.37 Å². The van der Waals surface area contributed by atoms with Crippen molar-refractivity contribution >= 4 is 40.6 Å². The molecule has 1 aromatic carbocycles. The Labute approximate surface area is 221 Å². The van der Waals surface area contributed by atoms with Crippen LogP contribution < -0.4 is 21.3 Å². The van der Waals surface area contributed by atoms with Crippen LogP contribution in [0.25, 0.3) is 0 Å². The van der Waals surface area contributed by atoms with Gasteiger partial charge >= 0.3 is 0 Å². The Bertz CT molecular complexity index is 1110. The quantitative estimate of drug-likeness (QED) is 0.454. The fraction of sp³-hybridized carbons (Fsp3) is 0.556. The summed E-state index contributed by atoms with van der Waals surface area (Å²) in [6.07, 6.45) is 10.5. The molecule has 1 aromatic heterocycles. The molecule has 2 saturated carbocycles. The lowest BCUT2D eigenvalue weighted by Gasteiger charge is -2.32. The molecule has 0 spiro atoms. The first-order valence-electron chi connectivity index (χ1n) is 13.3. The molecule has 2 aromatic rings. The first-order chi connectivity index (χ1) is 17.9. The van der Waals surface area contributed by atoms with Crippen LogP contribution in [0.5, 0.6) is 0 Å². The molecule has 0 aliphatic heterocycles. The number of anilines is 2. The van der Waals surface area contributed by atoms with E-state index < -0.39 is 23.7 Å². The highest BCUT2D eigenvalue weighted by atomic mass is 32.1. The third kappa shape index (κ3) is 6.47. The zero-order valence-electron chi connectivity index (χ0n) is 21.3. The summed E-state index contributed by atoms with van der Waals surface area (Å²) in [4.78, 5) is 41.5. The van der Waals surface area contributed by atoms with Crippen molar-refractivity contribution < 1.29 is 18.8 Å². The van der Waals surface area contributed by atoms with Crippen molar-refractivity contribution in [3.63, 3.8) is 0 Å². The lowest BCUT2D eigenvalue weighted by Crippen LogP contribution is -2.52. The number of benzene rings is 1. The van der Waals surface area contributed by atoms with Crippen LogP contribution in [0.15, 0.2) is 24.3 Å². The molecule has 1 unspecified atom stereocenters. The second kappa shape index (κ2) is 12.5. The fourth-order valence-corrected chi connectivity index (χ4v) is 6.05. The monoisotopic (exact) mass is 529 g/mol. The molecule has 37 heavy (non-hydrogen) atoms. The average molecular weight is 530 g/mol. The number of carbonyl (C=O) groups excluding carboxylic acids is 3. The third-order valence-corrected chi connectivity index (χ3v) is 8.19. The number of aromatic nitrogens is 1. The molecule has 0 bridgehead atoms. The molecule has 3 amide bonds. The van der Waals surface area contributed by atoms with E-state index in [9.17, 15) is 18.8 Å². The van der Waals surface area contributed by atoms with Crippen molar-refractivity contribution in [1.29, 1.82) is 0 Å². The van der Waals surface area contributed by atoms with E-state index in [1.807, 2.05) is 6.92 Å². The molecule has 2 fully saturated rings. The Kier molecular flexibility index (Phi) is 9.13. The van der Waals surface area contributed by atoms with Gasteiger partial charge in [-0.3, -0.25) is 19.3 Å². The van der Waals surface area contributed by atoms with Gasteiger partial charge in [0, 0.05) is 17.8 Å². The first-order valence-corrected chi connectivity index (χ1v) is 14.1. The van der Waals surface area contributed by atoms with Crippen LogP contribution in [-0.2, 0) is 4.79 Å². The van der Waals surface area contributed by atoms with Gasteiger partial charge in [-0.1, -0.05) is 51.5 Å². The lowest BCUT2D eigenvalue weighted by atomic mass is 9.95. The van der Waals surface area contributed by atoms with Crippen molar-refractivity contribution in [1.82, 2.24) is 15.0 Å². The number of nitrogens with two attached hydrogens (primary N) is 1. The Morgan fingerprint density at radius 1 is 1.05 bits per heavy atom. The van der Waals surface area contributed by atoms with E-state index in [1.165, 1.54) is 23.1 Å². The predicted molar refractivity (Wildman–Crippen MR) is 143 cm³/mol. The summed E-state index contributed by atoms with van der Waals surface area (Å²) in [5, 5.41) is 6.07. The van der Waals surface area contributed by atoms with Gasteiger partial charge in [0.2, 0.25) is 5.91 Å². The van der Waals surface area contributed by atoms with Crippen molar-refractivity contribution in [2.45, 2.75) is 95.7 Å². The van der Waals surface area contributed by atoms with Crippen LogP contribution in [0, 0.1) is 5.82 Å². The minimum Gasteiger partial charge on any atom is -0.395 e. The molecule has 1 atom stereocenters. The number of nitrogen functional groups attached to an aromatic ring is 1. The van der Waals surface area contributed by atoms with E-state index in [4.69, 9.17) is 5.73 Å². The van der Waals surface area contributed by atoms with Crippen LogP contribution in [0.3, 0.4) is 0 Å². The largest absolute Gasteiger partial charge is 0.395 e. The van der Waals surface area contributed by atoms with Crippen molar-refractivity contribution in [3.05, 3.63) is 40.7 Å². The molecule has 4 N–H and O–H groups in total. The smallest absolute Gasteiger partial charge is 0.273 e. The van der Waals surface area contributed by atoms with Gasteiger partial charge in [-0.05, 0) is 61.8 Å². The van der Waals surface area contributed by atoms with Crippen LogP contribution in [0.2, 0.25) is 0 Å². The van der Waals surface area contributed by atoms with Gasteiger partial charge in [-0.15, -0.1) is 0 Å². The summed E-state index contributed by atoms with van der Waals surface area (Å²) in [7, 11) is 0. The van der Waals surface area contributed by atoms with Crippen LogP contribution in [0.1, 0.15) is 97.7 Å². The van der Waals surface area contributed by atoms with E-state index in [0.717, 1.165) is 75.7 Å². The van der Waals surface area contributed by atoms with E-state index >= 15 is 0 Å². The van der Waals surface area contributed by atoms with Crippen LogP contribution in [0.4, 0.5) is 15.8 Å². The van der Waals surface area contributed by atoms with Crippen molar-refractivity contribution in [2.75, 3.05) is 10.6 Å². The van der Waals surface area contributed by atoms with Gasteiger partial charge < -0.3 is 16.4 Å². The SMILES string of the molecule is CCC(C(=O)NC1CCCCC1)N(C(=O)c1snc(C(=O)NC2CCCCC2)c1N)c1cccc(F)c1. The summed E-state index contributed by atoms with van der Waals surface area (Å²) < 4.78 is 18.4. The maximum Gasteiger partial charge on any atom is 0.273 e. The normalized spacial score (nSPS) is 17.7. The highest BCUT2D eigenvalue weighted by Gasteiger charge is 2.35. The molecule has 10 heteroatoms. The number of hydrogen-bond acceptors (Lipinski definition) is 6. The summed E-state index contributed by atoms with van der Waals surface area (Å²) in [5.74, 6) is -1.80. The summed E-state index contributed by atoms with van der Waals surface area (Å²) in [6.45, 7) is 1.81. The van der Waals surface area contributed by atoms with Gasteiger partial charge in [-0.25, -0.2) is 4.39 Å². The van der Waals surface area contributed by atoms with Crippen LogP contribution >= 0.6 is 11.5 Å². The van der Waals surface area contributed by atoms with E-state index in [2.05, 4.69) is 15.0 Å². The van der Waals surface area contributed by atoms with E-state index in [-0.39, 0.29) is 39.9 Å². The van der Waals surface area contributed by atoms with Crippen LogP contribution in [-0.4, -0.2) is 40.2 Å². The number of nitrogens with zero attached hydrogens (tertiary/aromatic N) is 2. The second-order valence-electron chi connectivity index (χ2n) is 10.0. The third-order valence-electron chi connectivity index (χ3n) is 7.34. The van der Waals surface area contributed by atoms with Crippen molar-refractivity contribution in [2.24, 2.45) is 0 Å². The Morgan fingerprint density at radius 2 is 1.68 bits per heavy atom. The Hall–Kier alpha value is -3.01. The van der Waals surface area contributed by atoms with Gasteiger partial charge in [0.05, 0.1) is 5.69 Å². The molecule has 2 aliphatic rings. The van der Waals surface area contributed by atoms with Gasteiger partial charge in [0.1, 0.15) is 16.7 Å². The van der Waals surface area contributed by atoms with Gasteiger partial charge in [0.25, 0.3) is 11.8 Å². The maximum absolute atomic E-state index is 14.2. The molecule has 0 saturated heterocycles. The number of halogens is 1. The molecule has 8 nitrogen and oxygen atoms in total. The molecule has 4 rings (SSSR count). The van der Waals surface area contributed by atoms with E-state index in [1.54, 1.807) is 6.07 Å². The Balaban J connectivity index is 1.60. The standard InChI is InChI=1S/C27H36FN5O3S/c1-2-21(25(34)30-18-11-5-3-6-12-18)33(20-15-9-10-17(28)16-20)27(36)24-22(29)23(32-37-24)26(35)31-19-13-7-4-8-14-19/h9-10,15-16,18-19,21H,2-8,11-14,29H2,1H3,(H,30,34)(H,31,35). The summed E-state index contributed by atoms with van der Waals surface area (Å²) >= 11 is 0.825. The topological polar surface area (TPSA) is 117 Å². The first kappa shape index (κ1) is 27.0. The molecule has 2 aliphatic carbocycles. The highest BCUT2D eigenvalue weighted by Crippen LogP contribution is 2.30. The average Bonchev–Trinajstić information content (AvgIpc) is 3.29. The molecule has 0 radical (unpaired) electrons. The molecular formula is C27H36FN5O3S. The number of amides is 3. The highest BCUT2D eigenvalue weighted by molar-refractivity contribution is 7.09. The number of rotatable bonds is 8. The summed E-state index contributed by atoms with van der Waals surface area (Å²) in [6, 6.07) is 4.84. The predicted octanol–water partition coefficient (Wildman–Crippen LogP) is 4.80. The maximum atomic E-state index is 14.2. The van der Waals surface area contributed by atoms with Gasteiger partial charge in [0.15, 0.2) is 5.69 Å². The minimum atomic E-state index is -0.878. The zero-order valence-corrected chi connectivity index (χ0v) is 22.1.